The molecule has 1 rings (SSSR count). The molecule has 1 heterocycles. The van der Waals surface area contributed by atoms with Crippen LogP contribution in [0.3, 0.4) is 0 Å². The Kier molecular flexibility index (Phi) is 16.8. The fraction of sp³-hybridized carbons (Fsp3) is 0.125. The maximum atomic E-state index is 5.21. The third kappa shape index (κ3) is 10.1. The molecule has 0 aliphatic rings. The van der Waals surface area contributed by atoms with Crippen LogP contribution in [0.25, 0.3) is 0 Å². The Balaban J connectivity index is -0.000000464. The number of rotatable bonds is 2. The van der Waals surface area contributed by atoms with E-state index in [9.17, 15) is 0 Å². The summed E-state index contributed by atoms with van der Waals surface area (Å²) in [5, 5.41) is 4.08. The van der Waals surface area contributed by atoms with Gasteiger partial charge in [0.2, 0.25) is 0 Å². The van der Waals surface area contributed by atoms with Crippen LogP contribution in [0.2, 0.25) is 0 Å². The van der Waals surface area contributed by atoms with Crippen LogP contribution in [0.15, 0.2) is 29.5 Å². The van der Waals surface area contributed by atoms with Crippen LogP contribution >= 0.6 is 22.4 Å². The zero-order valence-electron chi connectivity index (χ0n) is 8.78. The number of nitrogens with one attached hydrogen (secondary N) is 1. The molecule has 9 heteroatoms. The number of aromatic nitrogens is 1. The van der Waals surface area contributed by atoms with Crippen molar-refractivity contribution in [3.05, 3.63) is 30.1 Å². The van der Waals surface area contributed by atoms with E-state index in [1.54, 1.807) is 6.20 Å². The largest absolute Gasteiger partial charge is 0.870 e. The van der Waals surface area contributed by atoms with Crippen molar-refractivity contribution in [3.8, 4) is 0 Å². The fourth-order valence-corrected chi connectivity index (χ4v) is 0.819. The molecule has 0 saturated carbocycles. The Morgan fingerprint density at radius 3 is 2.47 bits per heavy atom. The predicted molar refractivity (Wildman–Crippen MR) is 66.1 cm³/mol. The van der Waals surface area contributed by atoms with Gasteiger partial charge in [-0.1, -0.05) is 6.07 Å². The Bertz CT molecular complexity index is 340. The smallest absolute Gasteiger partial charge is 0.870 e. The average Bonchev–Trinajstić information content (AvgIpc) is 2.30. The fourth-order valence-electron chi connectivity index (χ4n) is 0.773. The summed E-state index contributed by atoms with van der Waals surface area (Å²) in [5.41, 5.74) is 9.25. The van der Waals surface area contributed by atoms with Crippen molar-refractivity contribution in [2.24, 2.45) is 10.8 Å². The van der Waals surface area contributed by atoms with Gasteiger partial charge in [-0.2, -0.15) is 5.10 Å². The van der Waals surface area contributed by atoms with E-state index in [0.717, 1.165) is 11.4 Å². The molecule has 6 nitrogen and oxygen atoms in total. The topological polar surface area (TPSA) is 123 Å². The Labute approximate surface area is 117 Å². The molecule has 0 saturated heterocycles. The first-order valence-corrected chi connectivity index (χ1v) is 5.60. The van der Waals surface area contributed by atoms with Gasteiger partial charge in [0.15, 0.2) is 5.11 Å². The molecule has 1 aromatic rings. The summed E-state index contributed by atoms with van der Waals surface area (Å²) < 4.78 is 0. The molecule has 0 unspecified atom stereocenters. The van der Waals surface area contributed by atoms with Gasteiger partial charge in [-0.25, -0.2) is 0 Å². The molecular weight excluding hydrogens is 310 g/mol. The van der Waals surface area contributed by atoms with E-state index in [4.69, 9.17) is 5.73 Å². The van der Waals surface area contributed by atoms with E-state index >= 15 is 0 Å². The number of halogens is 1. The van der Waals surface area contributed by atoms with Crippen molar-refractivity contribution in [3.63, 3.8) is 0 Å². The minimum atomic E-state index is 0. The molecule has 101 valence electrons. The Hall–Kier alpha value is -0.786. The monoisotopic (exact) mass is 321 g/mol. The minimum Gasteiger partial charge on any atom is -0.870 e. The number of nitrogens with two attached hydrogens (primary N) is 1. The number of pyridine rings is 1. The SMILES string of the molecule is CC(=NNC(N)=S)c1ccccn1.[Cl][Ni].[OH-].[OH-]. The van der Waals surface area contributed by atoms with Crippen LogP contribution in [0.5, 0.6) is 0 Å². The molecule has 0 aliphatic carbocycles. The molecule has 0 radical (unpaired) electrons. The van der Waals surface area contributed by atoms with Crippen LogP contribution in [0.4, 0.5) is 0 Å². The maximum absolute atomic E-state index is 5.21. The summed E-state index contributed by atoms with van der Waals surface area (Å²) >= 11 is 7.95. The molecular formula is C8H12ClN4NiO2S-2. The molecule has 5 N–H and O–H groups in total. The van der Waals surface area contributed by atoms with Crippen LogP contribution in [-0.4, -0.2) is 26.8 Å². The van der Waals surface area contributed by atoms with E-state index in [-0.39, 0.29) is 16.1 Å². The first-order valence-electron chi connectivity index (χ1n) is 3.83. The summed E-state index contributed by atoms with van der Waals surface area (Å²) in [6.45, 7) is 1.83. The number of hydrogen-bond acceptors (Lipinski definition) is 5. The standard InChI is InChI=1S/C8H10N4S.ClH.Ni.2H2O/c1-6(11-12-8(9)13)7-4-2-3-5-10-7;;;;/h2-5H,1H3,(H3,9,12,13);1H;;2*1H2/q;;+1;;/p-3. The van der Waals surface area contributed by atoms with Gasteiger partial charge in [-0.3, -0.25) is 10.4 Å². The van der Waals surface area contributed by atoms with Crippen LogP contribution < -0.4 is 11.2 Å². The summed E-state index contributed by atoms with van der Waals surface area (Å²) in [7, 11) is 4.26. The predicted octanol–water partition coefficient (Wildman–Crippen LogP) is 0.972. The molecule has 0 amide bonds. The molecule has 0 spiro atoms. The van der Waals surface area contributed by atoms with Crippen molar-refractivity contribution in [1.29, 1.82) is 0 Å². The second kappa shape index (κ2) is 13.3. The molecule has 0 aromatic carbocycles. The van der Waals surface area contributed by atoms with Gasteiger partial charge in [0, 0.05) is 6.20 Å². The van der Waals surface area contributed by atoms with E-state index in [1.807, 2.05) is 25.1 Å². The van der Waals surface area contributed by atoms with Crippen molar-refractivity contribution in [1.82, 2.24) is 10.4 Å². The van der Waals surface area contributed by atoms with Gasteiger partial charge in [0.1, 0.15) is 0 Å². The van der Waals surface area contributed by atoms with Gasteiger partial charge in [-0.15, -0.1) is 0 Å². The summed E-state index contributed by atoms with van der Waals surface area (Å²) in [4.78, 5) is 4.10. The van der Waals surface area contributed by atoms with Crippen LogP contribution in [0.1, 0.15) is 12.6 Å². The molecule has 0 fully saturated rings. The summed E-state index contributed by atoms with van der Waals surface area (Å²) in [5.74, 6) is 0. The average molecular weight is 322 g/mol. The van der Waals surface area contributed by atoms with E-state index in [2.05, 4.69) is 52.5 Å². The number of hydrazone groups is 1. The molecule has 0 atom stereocenters. The van der Waals surface area contributed by atoms with Crippen molar-refractivity contribution < 1.29 is 25.5 Å². The number of hydrogen-bond donors (Lipinski definition) is 2. The minimum absolute atomic E-state index is 0. The van der Waals surface area contributed by atoms with E-state index in [0.29, 0.717) is 0 Å². The normalized spacial score (nSPS) is 8.82. The molecule has 17 heavy (non-hydrogen) atoms. The van der Waals surface area contributed by atoms with Crippen molar-refractivity contribution in [2.75, 3.05) is 0 Å². The quantitative estimate of drug-likeness (QED) is 0.362. The van der Waals surface area contributed by atoms with Crippen LogP contribution in [-0.2, 0) is 14.6 Å². The molecule has 0 aliphatic heterocycles. The Morgan fingerprint density at radius 2 is 2.06 bits per heavy atom. The maximum Gasteiger partial charge on any atom is -0.870 e. The first kappa shape index (κ1) is 21.5. The third-order valence-corrected chi connectivity index (χ3v) is 1.46. The van der Waals surface area contributed by atoms with Crippen molar-refractivity contribution in [2.45, 2.75) is 6.92 Å². The van der Waals surface area contributed by atoms with Gasteiger partial charge >= 0.3 is 24.8 Å². The van der Waals surface area contributed by atoms with Gasteiger partial charge in [0.25, 0.3) is 0 Å². The van der Waals surface area contributed by atoms with Gasteiger partial charge < -0.3 is 16.7 Å². The summed E-state index contributed by atoms with van der Waals surface area (Å²) in [6.07, 6.45) is 1.70. The third-order valence-electron chi connectivity index (χ3n) is 1.37. The molecule has 0 bridgehead atoms. The van der Waals surface area contributed by atoms with E-state index < -0.39 is 0 Å². The second-order valence-corrected chi connectivity index (χ2v) is 2.83. The van der Waals surface area contributed by atoms with Crippen molar-refractivity contribution >= 4 is 33.2 Å². The zero-order chi connectivity index (χ0) is 11.7. The van der Waals surface area contributed by atoms with Crippen LogP contribution in [0, 0.1) is 0 Å². The number of nitrogens with zero attached hydrogens (tertiary/aromatic N) is 2. The van der Waals surface area contributed by atoms with Gasteiger partial charge in [-0.05, 0) is 31.3 Å². The summed E-state index contributed by atoms with van der Waals surface area (Å²) in [6, 6.07) is 5.60. The molecule has 1 aromatic heterocycles. The zero-order valence-corrected chi connectivity index (χ0v) is 11.3. The second-order valence-electron chi connectivity index (χ2n) is 2.39. The number of thiocarbonyl (C=S) groups is 1. The van der Waals surface area contributed by atoms with E-state index in [1.165, 1.54) is 0 Å². The Morgan fingerprint density at radius 1 is 1.47 bits per heavy atom. The first-order chi connectivity index (χ1) is 7.20. The van der Waals surface area contributed by atoms with Gasteiger partial charge in [0.05, 0.1) is 11.4 Å².